The third-order valence-electron chi connectivity index (χ3n) is 3.51. The highest BCUT2D eigenvalue weighted by Gasteiger charge is 2.03. The van der Waals surface area contributed by atoms with Gasteiger partial charge in [-0.05, 0) is 66.4 Å². The predicted octanol–water partition coefficient (Wildman–Crippen LogP) is 4.16. The van der Waals surface area contributed by atoms with Gasteiger partial charge in [-0.2, -0.15) is 5.26 Å². The Balaban J connectivity index is 2.41. The third-order valence-corrected chi connectivity index (χ3v) is 3.97. The van der Waals surface area contributed by atoms with E-state index in [1.807, 2.05) is 12.1 Å². The lowest BCUT2D eigenvalue weighted by Gasteiger charge is -2.21. The summed E-state index contributed by atoms with van der Waals surface area (Å²) in [5, 5.41) is 16.7. The molecule has 0 atom stereocenters. The molecule has 2 rings (SSSR count). The number of anilines is 1. The van der Waals surface area contributed by atoms with Crippen LogP contribution in [0.15, 0.2) is 41.3 Å². The topological polar surface area (TPSA) is 53.0 Å². The van der Waals surface area contributed by atoms with Gasteiger partial charge < -0.3 is 4.90 Å². The number of nitriles is 1. The molecule has 0 radical (unpaired) electrons. The molecule has 0 bridgehead atoms. The number of nitrogens with zero attached hydrogens (tertiary/aromatic N) is 2. The second-order valence-electron chi connectivity index (χ2n) is 4.70. The van der Waals surface area contributed by atoms with Crippen molar-refractivity contribution < 1.29 is 0 Å². The van der Waals surface area contributed by atoms with Crippen LogP contribution in [0.1, 0.15) is 19.4 Å². The minimum Gasteiger partial charge on any atom is -0.372 e. The highest BCUT2D eigenvalue weighted by molar-refractivity contribution is 8.01. The maximum absolute atomic E-state index is 8.93. The molecular weight excluding hydrogens is 278 g/mol. The fourth-order valence-corrected chi connectivity index (χ4v) is 2.63. The molecule has 2 aromatic rings. The van der Waals surface area contributed by atoms with Gasteiger partial charge >= 0.3 is 0 Å². The van der Waals surface area contributed by atoms with E-state index < -0.39 is 0 Å². The van der Waals surface area contributed by atoms with Crippen molar-refractivity contribution >= 4 is 34.5 Å². The molecule has 0 aliphatic heterocycles. The zero-order chi connectivity index (χ0) is 15.2. The van der Waals surface area contributed by atoms with E-state index in [0.29, 0.717) is 4.91 Å². The van der Waals surface area contributed by atoms with Crippen LogP contribution in [0.25, 0.3) is 16.8 Å². The summed E-state index contributed by atoms with van der Waals surface area (Å²) in [6.45, 7) is 6.33. The van der Waals surface area contributed by atoms with Gasteiger partial charge in [-0.25, -0.2) is 0 Å². The largest absolute Gasteiger partial charge is 0.372 e. The summed E-state index contributed by atoms with van der Waals surface area (Å²) < 4.78 is 0. The number of hydrogen-bond donors (Lipinski definition) is 1. The molecule has 2 N–H and O–H groups in total. The molecule has 0 aliphatic carbocycles. The summed E-state index contributed by atoms with van der Waals surface area (Å²) in [6, 6.07) is 14.7. The average Bonchev–Trinajstić information content (AvgIpc) is 2.53. The van der Waals surface area contributed by atoms with Crippen LogP contribution in [-0.4, -0.2) is 13.1 Å². The molecule has 3 nitrogen and oxygen atoms in total. The minimum atomic E-state index is 0.508. The molecule has 0 saturated carbocycles. The average molecular weight is 297 g/mol. The van der Waals surface area contributed by atoms with Gasteiger partial charge in [-0.1, -0.05) is 18.2 Å². The molecule has 21 heavy (non-hydrogen) atoms. The van der Waals surface area contributed by atoms with Crippen molar-refractivity contribution in [3.63, 3.8) is 0 Å². The number of fused-ring (bicyclic) bond motifs is 1. The number of rotatable bonds is 5. The smallest absolute Gasteiger partial charge is 0.107 e. The van der Waals surface area contributed by atoms with E-state index in [1.165, 1.54) is 16.5 Å². The van der Waals surface area contributed by atoms with E-state index in [1.54, 1.807) is 0 Å². The Labute approximate surface area is 130 Å². The standard InChI is InChI=1S/C17H19N3S/c1-3-20(4-2)16-8-7-14-9-13(5-6-15(14)11-16)10-17(12-18)21-19/h5-11H,3-4,19H2,1-2H3/b17-10+. The van der Waals surface area contributed by atoms with Crippen molar-refractivity contribution in [2.24, 2.45) is 5.14 Å². The highest BCUT2D eigenvalue weighted by Crippen LogP contribution is 2.24. The van der Waals surface area contributed by atoms with Crippen LogP contribution < -0.4 is 10.0 Å². The molecule has 0 aromatic heterocycles. The second kappa shape index (κ2) is 7.16. The van der Waals surface area contributed by atoms with Crippen LogP contribution in [0.5, 0.6) is 0 Å². The quantitative estimate of drug-likeness (QED) is 0.665. The summed E-state index contributed by atoms with van der Waals surface area (Å²) in [5.74, 6) is 0. The molecule has 0 amide bonds. The zero-order valence-corrected chi connectivity index (χ0v) is 13.2. The fraction of sp³-hybridized carbons (Fsp3) is 0.235. The van der Waals surface area contributed by atoms with E-state index in [2.05, 4.69) is 55.1 Å². The van der Waals surface area contributed by atoms with Crippen LogP contribution in [-0.2, 0) is 0 Å². The summed E-state index contributed by atoms with van der Waals surface area (Å²) >= 11 is 0.976. The molecular formula is C17H19N3S. The Bertz CT molecular complexity index is 697. The molecule has 4 heteroatoms. The Morgan fingerprint density at radius 2 is 1.86 bits per heavy atom. The lowest BCUT2D eigenvalue weighted by atomic mass is 10.1. The molecule has 0 unspecified atom stereocenters. The first-order chi connectivity index (χ1) is 10.2. The number of hydrogen-bond acceptors (Lipinski definition) is 4. The van der Waals surface area contributed by atoms with Crippen molar-refractivity contribution in [1.29, 1.82) is 5.26 Å². The molecule has 108 valence electrons. The van der Waals surface area contributed by atoms with Crippen molar-refractivity contribution in [2.75, 3.05) is 18.0 Å². The Kier molecular flexibility index (Phi) is 5.26. The van der Waals surface area contributed by atoms with E-state index in [0.717, 1.165) is 30.6 Å². The van der Waals surface area contributed by atoms with Gasteiger partial charge in [0.25, 0.3) is 0 Å². The van der Waals surface area contributed by atoms with Crippen LogP contribution in [0, 0.1) is 11.3 Å². The minimum absolute atomic E-state index is 0.508. The van der Waals surface area contributed by atoms with Crippen LogP contribution in [0.4, 0.5) is 5.69 Å². The molecule has 0 spiro atoms. The summed E-state index contributed by atoms with van der Waals surface area (Å²) in [7, 11) is 0. The van der Waals surface area contributed by atoms with Crippen molar-refractivity contribution in [1.82, 2.24) is 0 Å². The SMILES string of the molecule is CCN(CC)c1ccc2cc(/C=C(\C#N)SN)ccc2c1. The van der Waals surface area contributed by atoms with Gasteiger partial charge in [0.05, 0.1) is 0 Å². The van der Waals surface area contributed by atoms with Crippen LogP contribution in [0.2, 0.25) is 0 Å². The maximum Gasteiger partial charge on any atom is 0.107 e. The molecule has 0 heterocycles. The summed E-state index contributed by atoms with van der Waals surface area (Å²) in [4.78, 5) is 2.83. The van der Waals surface area contributed by atoms with E-state index in [9.17, 15) is 0 Å². The summed E-state index contributed by atoms with van der Waals surface area (Å²) in [5.41, 5.74) is 2.23. The Hall–Kier alpha value is -1.96. The zero-order valence-electron chi connectivity index (χ0n) is 12.3. The normalized spacial score (nSPS) is 11.4. The van der Waals surface area contributed by atoms with Crippen LogP contribution >= 0.6 is 11.9 Å². The molecule has 0 fully saturated rings. The molecule has 0 saturated heterocycles. The fourth-order valence-electron chi connectivity index (χ4n) is 2.37. The van der Waals surface area contributed by atoms with Gasteiger partial charge in [-0.15, -0.1) is 0 Å². The van der Waals surface area contributed by atoms with Gasteiger partial charge in [0.2, 0.25) is 0 Å². The lowest BCUT2D eigenvalue weighted by Crippen LogP contribution is -2.21. The first-order valence-corrected chi connectivity index (χ1v) is 7.87. The summed E-state index contributed by atoms with van der Waals surface area (Å²) in [6.07, 6.45) is 1.81. The van der Waals surface area contributed by atoms with Gasteiger partial charge in [-0.3, -0.25) is 5.14 Å². The number of nitrogens with two attached hydrogens (primary N) is 1. The van der Waals surface area contributed by atoms with Crippen molar-refractivity contribution in [3.05, 3.63) is 46.9 Å². The van der Waals surface area contributed by atoms with Gasteiger partial charge in [0.1, 0.15) is 11.0 Å². The number of benzene rings is 2. The van der Waals surface area contributed by atoms with E-state index in [4.69, 9.17) is 10.4 Å². The predicted molar refractivity (Wildman–Crippen MR) is 92.9 cm³/mol. The van der Waals surface area contributed by atoms with Crippen molar-refractivity contribution in [3.8, 4) is 6.07 Å². The van der Waals surface area contributed by atoms with Crippen molar-refractivity contribution in [2.45, 2.75) is 13.8 Å². The molecule has 0 aliphatic rings. The Morgan fingerprint density at radius 3 is 2.48 bits per heavy atom. The monoisotopic (exact) mass is 297 g/mol. The third kappa shape index (κ3) is 3.57. The van der Waals surface area contributed by atoms with Gasteiger partial charge in [0, 0.05) is 18.8 Å². The highest BCUT2D eigenvalue weighted by atomic mass is 32.2. The van der Waals surface area contributed by atoms with E-state index in [-0.39, 0.29) is 0 Å². The molecule has 2 aromatic carbocycles. The lowest BCUT2D eigenvalue weighted by molar-refractivity contribution is 0.867. The van der Waals surface area contributed by atoms with Crippen LogP contribution in [0.3, 0.4) is 0 Å². The first kappa shape index (κ1) is 15.4. The maximum atomic E-state index is 8.93. The second-order valence-corrected chi connectivity index (χ2v) is 5.38. The Morgan fingerprint density at radius 1 is 1.19 bits per heavy atom. The van der Waals surface area contributed by atoms with E-state index >= 15 is 0 Å². The number of allylic oxidation sites excluding steroid dienone is 1. The van der Waals surface area contributed by atoms with Gasteiger partial charge in [0.15, 0.2) is 0 Å². The first-order valence-electron chi connectivity index (χ1n) is 6.99.